The number of methoxy groups -OCH3 is 2. The number of benzene rings is 1. The van der Waals surface area contributed by atoms with Crippen molar-refractivity contribution >= 4 is 5.97 Å². The minimum absolute atomic E-state index is 0.125. The van der Waals surface area contributed by atoms with Crippen molar-refractivity contribution in [1.29, 1.82) is 0 Å². The van der Waals surface area contributed by atoms with E-state index in [1.54, 1.807) is 7.11 Å². The molecular weight excluding hydrogens is 242 g/mol. The number of hydrogen-bond acceptors (Lipinski definition) is 4. The van der Waals surface area contributed by atoms with E-state index in [1.807, 2.05) is 38.1 Å². The second kappa shape index (κ2) is 7.79. The maximum Gasteiger partial charge on any atom is 0.310 e. The number of esters is 1. The average molecular weight is 265 g/mol. The van der Waals surface area contributed by atoms with E-state index in [-0.39, 0.29) is 17.8 Å². The van der Waals surface area contributed by atoms with Gasteiger partial charge in [0.2, 0.25) is 0 Å². The number of ether oxygens (including phenoxy) is 2. The van der Waals surface area contributed by atoms with Crippen LogP contribution in [0.25, 0.3) is 0 Å². The Labute approximate surface area is 115 Å². The molecule has 1 unspecified atom stereocenters. The minimum Gasteiger partial charge on any atom is -0.496 e. The molecule has 0 fully saturated rings. The van der Waals surface area contributed by atoms with Crippen LogP contribution in [-0.2, 0) is 16.1 Å². The molecule has 1 aromatic rings. The lowest BCUT2D eigenvalue weighted by atomic mass is 9.96. The summed E-state index contributed by atoms with van der Waals surface area (Å²) in [6.45, 7) is 5.31. The summed E-state index contributed by atoms with van der Waals surface area (Å²) in [5.41, 5.74) is 1.08. The molecule has 0 saturated heterocycles. The van der Waals surface area contributed by atoms with Crippen molar-refractivity contribution in [2.45, 2.75) is 20.4 Å². The Bertz CT molecular complexity index is 404. The van der Waals surface area contributed by atoms with Crippen LogP contribution in [0.15, 0.2) is 24.3 Å². The van der Waals surface area contributed by atoms with Gasteiger partial charge in [-0.15, -0.1) is 0 Å². The summed E-state index contributed by atoms with van der Waals surface area (Å²) in [6, 6.07) is 7.85. The predicted octanol–water partition coefficient (Wildman–Crippen LogP) is 2.23. The summed E-state index contributed by atoms with van der Waals surface area (Å²) in [6.07, 6.45) is 0. The fraction of sp³-hybridized carbons (Fsp3) is 0.533. The Kier molecular flexibility index (Phi) is 6.36. The van der Waals surface area contributed by atoms with Crippen LogP contribution in [0, 0.1) is 11.8 Å². The van der Waals surface area contributed by atoms with Gasteiger partial charge in [0.25, 0.3) is 0 Å². The molecule has 0 aliphatic rings. The van der Waals surface area contributed by atoms with E-state index in [9.17, 15) is 4.79 Å². The molecule has 4 heteroatoms. The van der Waals surface area contributed by atoms with Crippen molar-refractivity contribution in [2.75, 3.05) is 20.8 Å². The number of carbonyl (C=O) groups excluding carboxylic acids is 1. The third-order valence-corrected chi connectivity index (χ3v) is 3.18. The fourth-order valence-electron chi connectivity index (χ4n) is 1.95. The number of carbonyl (C=O) groups is 1. The molecule has 0 saturated carbocycles. The van der Waals surface area contributed by atoms with Gasteiger partial charge in [-0.05, 0) is 12.0 Å². The molecule has 106 valence electrons. The number of hydrogen-bond donors (Lipinski definition) is 1. The number of para-hydroxylation sites is 1. The Morgan fingerprint density at radius 1 is 1.26 bits per heavy atom. The highest BCUT2D eigenvalue weighted by atomic mass is 16.5. The van der Waals surface area contributed by atoms with E-state index in [0.29, 0.717) is 13.1 Å². The number of nitrogens with one attached hydrogen (secondary N) is 1. The Hall–Kier alpha value is -1.55. The summed E-state index contributed by atoms with van der Waals surface area (Å²) in [4.78, 5) is 11.6. The van der Waals surface area contributed by atoms with Gasteiger partial charge >= 0.3 is 5.97 Å². The first-order valence-corrected chi connectivity index (χ1v) is 6.50. The molecule has 19 heavy (non-hydrogen) atoms. The monoisotopic (exact) mass is 265 g/mol. The van der Waals surface area contributed by atoms with Crippen LogP contribution in [0.4, 0.5) is 0 Å². The van der Waals surface area contributed by atoms with Gasteiger partial charge < -0.3 is 14.8 Å². The molecule has 1 aromatic carbocycles. The maximum atomic E-state index is 11.6. The Balaban J connectivity index is 2.54. The lowest BCUT2D eigenvalue weighted by molar-refractivity contribution is -0.146. The molecule has 0 heterocycles. The lowest BCUT2D eigenvalue weighted by Crippen LogP contribution is -2.32. The van der Waals surface area contributed by atoms with Gasteiger partial charge in [0, 0.05) is 18.7 Å². The molecule has 0 aliphatic carbocycles. The summed E-state index contributed by atoms with van der Waals surface area (Å²) >= 11 is 0. The summed E-state index contributed by atoms with van der Waals surface area (Å²) in [5.74, 6) is 0.814. The van der Waals surface area contributed by atoms with Crippen LogP contribution in [0.2, 0.25) is 0 Å². The second-order valence-corrected chi connectivity index (χ2v) is 4.82. The Morgan fingerprint density at radius 2 is 1.95 bits per heavy atom. The van der Waals surface area contributed by atoms with Gasteiger partial charge in [0.15, 0.2) is 0 Å². The molecule has 1 N–H and O–H groups in total. The van der Waals surface area contributed by atoms with E-state index >= 15 is 0 Å². The third-order valence-electron chi connectivity index (χ3n) is 3.18. The van der Waals surface area contributed by atoms with E-state index < -0.39 is 0 Å². The smallest absolute Gasteiger partial charge is 0.310 e. The summed E-state index contributed by atoms with van der Waals surface area (Å²) in [5, 5.41) is 3.29. The van der Waals surface area contributed by atoms with Gasteiger partial charge in [-0.2, -0.15) is 0 Å². The quantitative estimate of drug-likeness (QED) is 0.768. The molecule has 1 atom stereocenters. The zero-order valence-corrected chi connectivity index (χ0v) is 12.1. The molecule has 0 spiro atoms. The predicted molar refractivity (Wildman–Crippen MR) is 75.0 cm³/mol. The van der Waals surface area contributed by atoms with Crippen LogP contribution in [-0.4, -0.2) is 26.7 Å². The lowest BCUT2D eigenvalue weighted by Gasteiger charge is -2.19. The largest absolute Gasteiger partial charge is 0.496 e. The molecular formula is C15H23NO3. The molecule has 4 nitrogen and oxygen atoms in total. The van der Waals surface area contributed by atoms with Gasteiger partial charge in [0.05, 0.1) is 20.1 Å². The van der Waals surface area contributed by atoms with E-state index in [4.69, 9.17) is 9.47 Å². The second-order valence-electron chi connectivity index (χ2n) is 4.82. The van der Waals surface area contributed by atoms with Crippen LogP contribution in [0.5, 0.6) is 5.75 Å². The van der Waals surface area contributed by atoms with E-state index in [1.165, 1.54) is 7.11 Å². The van der Waals surface area contributed by atoms with Gasteiger partial charge in [0.1, 0.15) is 5.75 Å². The highest BCUT2D eigenvalue weighted by Crippen LogP contribution is 2.17. The normalized spacial score (nSPS) is 12.3. The Morgan fingerprint density at radius 3 is 2.53 bits per heavy atom. The minimum atomic E-state index is -0.164. The highest BCUT2D eigenvalue weighted by Gasteiger charge is 2.22. The zero-order chi connectivity index (χ0) is 14.3. The molecule has 0 aliphatic heterocycles. The van der Waals surface area contributed by atoms with Gasteiger partial charge in [-0.25, -0.2) is 0 Å². The topological polar surface area (TPSA) is 47.6 Å². The van der Waals surface area contributed by atoms with Gasteiger partial charge in [-0.1, -0.05) is 32.0 Å². The molecule has 0 amide bonds. The van der Waals surface area contributed by atoms with E-state index in [0.717, 1.165) is 11.3 Å². The maximum absolute atomic E-state index is 11.6. The van der Waals surface area contributed by atoms with Crippen molar-refractivity contribution in [3.05, 3.63) is 29.8 Å². The van der Waals surface area contributed by atoms with Crippen LogP contribution in [0.1, 0.15) is 19.4 Å². The van der Waals surface area contributed by atoms with Crippen LogP contribution in [0.3, 0.4) is 0 Å². The van der Waals surface area contributed by atoms with Crippen molar-refractivity contribution in [1.82, 2.24) is 5.32 Å². The highest BCUT2D eigenvalue weighted by molar-refractivity contribution is 5.72. The SMILES string of the molecule is COC(=O)C(CNCc1ccccc1OC)C(C)C. The van der Waals surface area contributed by atoms with Crippen molar-refractivity contribution in [2.24, 2.45) is 11.8 Å². The van der Waals surface area contributed by atoms with Crippen molar-refractivity contribution < 1.29 is 14.3 Å². The van der Waals surface area contributed by atoms with E-state index in [2.05, 4.69) is 5.32 Å². The van der Waals surface area contributed by atoms with Gasteiger partial charge in [-0.3, -0.25) is 4.79 Å². The molecule has 0 radical (unpaired) electrons. The van der Waals surface area contributed by atoms with Crippen molar-refractivity contribution in [3.63, 3.8) is 0 Å². The van der Waals surface area contributed by atoms with Crippen LogP contribution >= 0.6 is 0 Å². The molecule has 1 rings (SSSR count). The first-order chi connectivity index (χ1) is 9.10. The summed E-state index contributed by atoms with van der Waals surface area (Å²) in [7, 11) is 3.09. The van der Waals surface area contributed by atoms with Crippen molar-refractivity contribution in [3.8, 4) is 5.75 Å². The summed E-state index contributed by atoms with van der Waals surface area (Å²) < 4.78 is 10.1. The zero-order valence-electron chi connectivity index (χ0n) is 12.1. The molecule has 0 aromatic heterocycles. The number of rotatable bonds is 7. The third kappa shape index (κ3) is 4.56. The van der Waals surface area contributed by atoms with Crippen LogP contribution < -0.4 is 10.1 Å². The average Bonchev–Trinajstić information content (AvgIpc) is 2.42. The fourth-order valence-corrected chi connectivity index (χ4v) is 1.95. The first kappa shape index (κ1) is 15.5. The standard InChI is InChI=1S/C15H23NO3/c1-11(2)13(15(17)19-4)10-16-9-12-7-5-6-8-14(12)18-3/h5-8,11,13,16H,9-10H2,1-4H3. The first-order valence-electron chi connectivity index (χ1n) is 6.50. The molecule has 0 bridgehead atoms.